The average molecular weight is 445 g/mol. The van der Waals surface area contributed by atoms with Gasteiger partial charge in [0.25, 0.3) is 11.8 Å². The minimum Gasteiger partial charge on any atom is -0.351 e. The van der Waals surface area contributed by atoms with Crippen molar-refractivity contribution in [2.24, 2.45) is 0 Å². The molecule has 1 unspecified atom stereocenters. The molecule has 2 N–H and O–H groups in total. The van der Waals surface area contributed by atoms with Crippen molar-refractivity contribution >= 4 is 17.7 Å². The largest absolute Gasteiger partial charge is 0.351 e. The molecule has 0 spiro atoms. The Morgan fingerprint density at radius 3 is 2.59 bits per heavy atom. The van der Waals surface area contributed by atoms with Crippen LogP contribution in [0.25, 0.3) is 0 Å². The number of hydrogen-bond acceptors (Lipinski definition) is 5. The number of hydrogen-bond donors (Lipinski definition) is 2. The second kappa shape index (κ2) is 9.60. The third-order valence-electron chi connectivity index (χ3n) is 7.30. The fourth-order valence-electron chi connectivity index (χ4n) is 5.03. The van der Waals surface area contributed by atoms with Crippen molar-refractivity contribution in [1.29, 1.82) is 0 Å². The maximum atomic E-state index is 13.1. The Labute approximate surface area is 189 Å². The van der Waals surface area contributed by atoms with Crippen molar-refractivity contribution in [3.63, 3.8) is 0 Å². The molecule has 3 heterocycles. The lowest BCUT2D eigenvalue weighted by atomic mass is 9.92. The fraction of sp³-hybridized carbons (Fsp3) is 0.739. The van der Waals surface area contributed by atoms with Crippen LogP contribution in [0.1, 0.15) is 79.3 Å². The highest BCUT2D eigenvalue weighted by atomic mass is 16.2. The first kappa shape index (κ1) is 22.8. The van der Waals surface area contributed by atoms with Crippen molar-refractivity contribution in [3.8, 4) is 0 Å². The van der Waals surface area contributed by atoms with Crippen molar-refractivity contribution < 1.29 is 14.4 Å². The SMILES string of the molecule is CN1C(=O)c2cc(C(=O)NCCCN3CCCC3)nn2CC1(C)C(=O)NC1CCCCC1. The molecule has 1 saturated carbocycles. The van der Waals surface area contributed by atoms with Crippen LogP contribution in [0, 0.1) is 0 Å². The van der Waals surface area contributed by atoms with E-state index in [1.807, 2.05) is 0 Å². The minimum atomic E-state index is -1.04. The Morgan fingerprint density at radius 2 is 1.88 bits per heavy atom. The molecule has 176 valence electrons. The van der Waals surface area contributed by atoms with Crippen molar-refractivity contribution in [3.05, 3.63) is 17.5 Å². The molecule has 2 fully saturated rings. The lowest BCUT2D eigenvalue weighted by Crippen LogP contribution is -2.63. The summed E-state index contributed by atoms with van der Waals surface area (Å²) in [6, 6.07) is 1.70. The van der Waals surface area contributed by atoms with Crippen molar-refractivity contribution in [2.45, 2.75) is 76.4 Å². The van der Waals surface area contributed by atoms with E-state index in [9.17, 15) is 14.4 Å². The van der Waals surface area contributed by atoms with Crippen LogP contribution in [0.3, 0.4) is 0 Å². The van der Waals surface area contributed by atoms with Crippen LogP contribution in [-0.4, -0.2) is 82.1 Å². The summed E-state index contributed by atoms with van der Waals surface area (Å²) in [5.74, 6) is -0.732. The summed E-state index contributed by atoms with van der Waals surface area (Å²) in [6.45, 7) is 5.84. The summed E-state index contributed by atoms with van der Waals surface area (Å²) in [5.41, 5.74) is -0.477. The van der Waals surface area contributed by atoms with Crippen LogP contribution in [0.4, 0.5) is 0 Å². The average Bonchev–Trinajstić information content (AvgIpc) is 3.46. The standard InChI is InChI=1S/C23H36N6O3/c1-23(22(32)25-17-9-4-3-5-10-17)16-29-19(21(31)27(23)2)15-18(26-29)20(30)24-11-8-14-28-12-6-7-13-28/h15,17H,3-14,16H2,1-2H3,(H,24,30)(H,25,32). The normalized spacial score (nSPS) is 24.4. The number of likely N-dealkylation sites (N-methyl/N-ethyl adjacent to an activating group) is 1. The van der Waals surface area contributed by atoms with Gasteiger partial charge in [-0.15, -0.1) is 0 Å². The summed E-state index contributed by atoms with van der Waals surface area (Å²) >= 11 is 0. The quantitative estimate of drug-likeness (QED) is 0.619. The molecule has 32 heavy (non-hydrogen) atoms. The number of nitrogens with zero attached hydrogens (tertiary/aromatic N) is 4. The summed E-state index contributed by atoms with van der Waals surface area (Å²) in [5, 5.41) is 10.4. The molecular formula is C23H36N6O3. The summed E-state index contributed by atoms with van der Waals surface area (Å²) in [6.07, 6.45) is 8.82. The number of nitrogens with one attached hydrogen (secondary N) is 2. The van der Waals surface area contributed by atoms with Gasteiger partial charge in [-0.05, 0) is 58.7 Å². The van der Waals surface area contributed by atoms with Gasteiger partial charge in [-0.1, -0.05) is 19.3 Å². The van der Waals surface area contributed by atoms with Gasteiger partial charge >= 0.3 is 0 Å². The van der Waals surface area contributed by atoms with Gasteiger partial charge in [0.05, 0.1) is 6.54 Å². The van der Waals surface area contributed by atoms with Gasteiger partial charge in [-0.3, -0.25) is 19.1 Å². The molecule has 1 aromatic rings. The van der Waals surface area contributed by atoms with E-state index in [2.05, 4.69) is 20.6 Å². The number of rotatable bonds is 7. The van der Waals surface area contributed by atoms with Crippen molar-refractivity contribution in [2.75, 3.05) is 33.2 Å². The first-order chi connectivity index (χ1) is 15.4. The van der Waals surface area contributed by atoms with E-state index in [1.54, 1.807) is 14.0 Å². The lowest BCUT2D eigenvalue weighted by Gasteiger charge is -2.41. The van der Waals surface area contributed by atoms with Gasteiger partial charge in [-0.25, -0.2) is 0 Å². The van der Waals surface area contributed by atoms with Crippen LogP contribution in [0.5, 0.6) is 0 Å². The van der Waals surface area contributed by atoms with Crippen molar-refractivity contribution in [1.82, 2.24) is 30.2 Å². The van der Waals surface area contributed by atoms with Gasteiger partial charge in [-0.2, -0.15) is 5.10 Å². The van der Waals surface area contributed by atoms with Gasteiger partial charge in [0.2, 0.25) is 5.91 Å². The van der Waals surface area contributed by atoms with Crippen LogP contribution in [-0.2, 0) is 11.3 Å². The zero-order valence-electron chi connectivity index (χ0n) is 19.4. The second-order valence-corrected chi connectivity index (χ2v) is 9.68. The van der Waals surface area contributed by atoms with E-state index in [0.717, 1.165) is 51.7 Å². The predicted octanol–water partition coefficient (Wildman–Crippen LogP) is 1.39. The van der Waals surface area contributed by atoms with Gasteiger partial charge in [0.15, 0.2) is 5.69 Å². The third-order valence-corrected chi connectivity index (χ3v) is 7.30. The topological polar surface area (TPSA) is 99.6 Å². The van der Waals surface area contributed by atoms with Crippen LogP contribution < -0.4 is 10.6 Å². The van der Waals surface area contributed by atoms with Gasteiger partial charge in [0.1, 0.15) is 11.2 Å². The number of aromatic nitrogens is 2. The number of carbonyl (C=O) groups is 3. The van der Waals surface area contributed by atoms with E-state index in [1.165, 1.54) is 34.9 Å². The van der Waals surface area contributed by atoms with E-state index in [0.29, 0.717) is 12.2 Å². The molecule has 0 radical (unpaired) electrons. The molecule has 1 aliphatic carbocycles. The maximum absolute atomic E-state index is 13.1. The molecular weight excluding hydrogens is 408 g/mol. The van der Waals surface area contributed by atoms with E-state index < -0.39 is 5.54 Å². The molecule has 2 aliphatic heterocycles. The highest BCUT2D eigenvalue weighted by Crippen LogP contribution is 2.27. The van der Waals surface area contributed by atoms with E-state index in [4.69, 9.17) is 0 Å². The molecule has 9 nitrogen and oxygen atoms in total. The van der Waals surface area contributed by atoms with Gasteiger partial charge in [0, 0.05) is 25.7 Å². The summed E-state index contributed by atoms with van der Waals surface area (Å²) in [4.78, 5) is 42.7. The molecule has 3 aliphatic rings. The molecule has 9 heteroatoms. The first-order valence-electron chi connectivity index (χ1n) is 12.1. The highest BCUT2D eigenvalue weighted by molar-refractivity contribution is 6.01. The van der Waals surface area contributed by atoms with E-state index >= 15 is 0 Å². The first-order valence-corrected chi connectivity index (χ1v) is 12.1. The van der Waals surface area contributed by atoms with Crippen LogP contribution in [0.15, 0.2) is 6.07 Å². The molecule has 0 bridgehead atoms. The van der Waals surface area contributed by atoms with Crippen LogP contribution in [0.2, 0.25) is 0 Å². The molecule has 1 atom stereocenters. The Balaban J connectivity index is 1.38. The fourth-order valence-corrected chi connectivity index (χ4v) is 5.03. The Bertz CT molecular complexity index is 856. The molecule has 1 aromatic heterocycles. The Morgan fingerprint density at radius 1 is 1.16 bits per heavy atom. The Kier molecular flexibility index (Phi) is 6.83. The van der Waals surface area contributed by atoms with E-state index in [-0.39, 0.29) is 36.0 Å². The third kappa shape index (κ3) is 4.67. The number of carbonyl (C=O) groups excluding carboxylic acids is 3. The lowest BCUT2D eigenvalue weighted by molar-refractivity contribution is -0.133. The molecule has 1 saturated heterocycles. The number of amides is 3. The summed E-state index contributed by atoms with van der Waals surface area (Å²) in [7, 11) is 1.65. The number of likely N-dealkylation sites (tertiary alicyclic amines) is 1. The second-order valence-electron chi connectivity index (χ2n) is 9.68. The Hall–Kier alpha value is -2.42. The highest BCUT2D eigenvalue weighted by Gasteiger charge is 2.46. The summed E-state index contributed by atoms with van der Waals surface area (Å²) < 4.78 is 1.52. The zero-order valence-corrected chi connectivity index (χ0v) is 19.4. The maximum Gasteiger partial charge on any atom is 0.272 e. The minimum absolute atomic E-state index is 0.158. The smallest absolute Gasteiger partial charge is 0.272 e. The predicted molar refractivity (Wildman–Crippen MR) is 120 cm³/mol. The zero-order chi connectivity index (χ0) is 22.7. The molecule has 0 aromatic carbocycles. The van der Waals surface area contributed by atoms with Crippen LogP contribution >= 0.6 is 0 Å². The molecule has 4 rings (SSSR count). The molecule has 3 amide bonds. The van der Waals surface area contributed by atoms with Gasteiger partial charge < -0.3 is 20.4 Å². The number of fused-ring (bicyclic) bond motifs is 1. The monoisotopic (exact) mass is 444 g/mol.